The predicted octanol–water partition coefficient (Wildman–Crippen LogP) is 7.62. The summed E-state index contributed by atoms with van der Waals surface area (Å²) in [5.41, 5.74) is 1.22. The number of hydrogen-bond donors (Lipinski definition) is 0. The first-order valence-corrected chi connectivity index (χ1v) is 9.89. The summed E-state index contributed by atoms with van der Waals surface area (Å²) in [7, 11) is 0. The Hall–Kier alpha value is 0. The highest BCUT2D eigenvalue weighted by Crippen LogP contribution is 2.49. The second-order valence-corrected chi connectivity index (χ2v) is 8.73. The summed E-state index contributed by atoms with van der Waals surface area (Å²) in [5.74, 6) is 1.91. The van der Waals surface area contributed by atoms with E-state index in [-0.39, 0.29) is 0 Å². The molecular formula is C21H42. The van der Waals surface area contributed by atoms with Gasteiger partial charge in [0.1, 0.15) is 0 Å². The summed E-state index contributed by atoms with van der Waals surface area (Å²) in [6.45, 7) is 14.8. The van der Waals surface area contributed by atoms with Crippen LogP contribution in [0.3, 0.4) is 0 Å². The van der Waals surface area contributed by atoms with Gasteiger partial charge in [0.25, 0.3) is 0 Å². The molecule has 0 heterocycles. The normalized spacial score (nSPS) is 30.3. The van der Waals surface area contributed by atoms with Crippen molar-refractivity contribution in [2.45, 2.75) is 112 Å². The van der Waals surface area contributed by atoms with Crippen LogP contribution in [0.25, 0.3) is 0 Å². The van der Waals surface area contributed by atoms with Crippen LogP contribution in [0.4, 0.5) is 0 Å². The largest absolute Gasteiger partial charge is 0.0654 e. The summed E-state index contributed by atoms with van der Waals surface area (Å²) < 4.78 is 0. The maximum Gasteiger partial charge on any atom is -0.0300 e. The van der Waals surface area contributed by atoms with Crippen molar-refractivity contribution in [1.82, 2.24) is 0 Å². The molecule has 0 heteroatoms. The first kappa shape index (κ1) is 19.0. The fourth-order valence-electron chi connectivity index (χ4n) is 4.43. The summed E-state index contributed by atoms with van der Waals surface area (Å²) in [5, 5.41) is 0. The van der Waals surface area contributed by atoms with Gasteiger partial charge in [0.15, 0.2) is 0 Å². The molecular weight excluding hydrogens is 252 g/mol. The molecule has 0 aromatic carbocycles. The lowest BCUT2D eigenvalue weighted by Gasteiger charge is -2.37. The van der Waals surface area contributed by atoms with Gasteiger partial charge in [-0.05, 0) is 48.3 Å². The third-order valence-corrected chi connectivity index (χ3v) is 7.05. The van der Waals surface area contributed by atoms with E-state index < -0.39 is 0 Å². The lowest BCUT2D eigenvalue weighted by atomic mass is 9.68. The van der Waals surface area contributed by atoms with Crippen molar-refractivity contribution in [3.05, 3.63) is 0 Å². The van der Waals surface area contributed by atoms with Gasteiger partial charge in [-0.3, -0.25) is 0 Å². The molecule has 1 fully saturated rings. The Kier molecular flexibility index (Phi) is 7.79. The van der Waals surface area contributed by atoms with Gasteiger partial charge in [-0.1, -0.05) is 86.5 Å². The van der Waals surface area contributed by atoms with E-state index in [0.717, 1.165) is 11.8 Å². The van der Waals surface area contributed by atoms with Crippen molar-refractivity contribution in [3.8, 4) is 0 Å². The molecule has 1 aliphatic carbocycles. The fourth-order valence-corrected chi connectivity index (χ4v) is 4.43. The minimum Gasteiger partial charge on any atom is -0.0654 e. The molecule has 1 aliphatic rings. The Labute approximate surface area is 135 Å². The first-order chi connectivity index (χ1) is 9.89. The van der Waals surface area contributed by atoms with Crippen molar-refractivity contribution >= 4 is 0 Å². The van der Waals surface area contributed by atoms with Crippen molar-refractivity contribution in [1.29, 1.82) is 0 Å². The zero-order chi connectivity index (χ0) is 15.9. The Morgan fingerprint density at radius 1 is 1.24 bits per heavy atom. The van der Waals surface area contributed by atoms with Crippen LogP contribution >= 0.6 is 0 Å². The molecule has 0 nitrogen and oxygen atoms in total. The number of rotatable bonds is 10. The van der Waals surface area contributed by atoms with E-state index in [1.165, 1.54) is 70.6 Å². The van der Waals surface area contributed by atoms with Gasteiger partial charge in [-0.2, -0.15) is 0 Å². The highest BCUT2D eigenvalue weighted by atomic mass is 14.4. The van der Waals surface area contributed by atoms with Gasteiger partial charge in [-0.15, -0.1) is 0 Å². The lowest BCUT2D eigenvalue weighted by molar-refractivity contribution is 0.138. The third kappa shape index (κ3) is 5.61. The summed E-state index contributed by atoms with van der Waals surface area (Å²) in [6, 6.07) is 0. The van der Waals surface area contributed by atoms with Crippen LogP contribution in [0.5, 0.6) is 0 Å². The third-order valence-electron chi connectivity index (χ3n) is 7.05. The van der Waals surface area contributed by atoms with E-state index >= 15 is 0 Å². The minimum absolute atomic E-state index is 0.583. The van der Waals surface area contributed by atoms with E-state index in [2.05, 4.69) is 41.5 Å². The molecule has 0 spiro atoms. The molecule has 4 unspecified atom stereocenters. The second kappa shape index (κ2) is 8.59. The SMILES string of the molecule is CCCCC(CC)CC(C)(CC)CCC1(C)CCCC1C. The van der Waals surface area contributed by atoms with Crippen LogP contribution in [-0.4, -0.2) is 0 Å². The maximum absolute atomic E-state index is 2.57. The zero-order valence-electron chi connectivity index (χ0n) is 15.9. The molecule has 0 aliphatic heterocycles. The van der Waals surface area contributed by atoms with E-state index in [1.807, 2.05) is 0 Å². The smallest absolute Gasteiger partial charge is 0.0300 e. The molecule has 4 atom stereocenters. The molecule has 0 saturated heterocycles. The number of hydrogen-bond acceptors (Lipinski definition) is 0. The van der Waals surface area contributed by atoms with Gasteiger partial charge >= 0.3 is 0 Å². The standard InChI is InChI=1S/C21H42/c1-7-10-13-19(8-2)17-20(5,9-3)15-16-21(6)14-11-12-18(21)4/h18-19H,7-17H2,1-6H3. The van der Waals surface area contributed by atoms with Crippen molar-refractivity contribution in [3.63, 3.8) is 0 Å². The fraction of sp³-hybridized carbons (Fsp3) is 1.00. The Balaban J connectivity index is 2.54. The summed E-state index contributed by atoms with van der Waals surface area (Å²) in [4.78, 5) is 0. The first-order valence-electron chi connectivity index (χ1n) is 9.89. The molecule has 0 radical (unpaired) electrons. The summed E-state index contributed by atoms with van der Waals surface area (Å²) in [6.07, 6.45) is 15.8. The zero-order valence-corrected chi connectivity index (χ0v) is 15.9. The van der Waals surface area contributed by atoms with Crippen molar-refractivity contribution < 1.29 is 0 Å². The van der Waals surface area contributed by atoms with Crippen LogP contribution in [0.1, 0.15) is 112 Å². The van der Waals surface area contributed by atoms with E-state index in [1.54, 1.807) is 0 Å². The molecule has 1 rings (SSSR count). The quantitative estimate of drug-likeness (QED) is 0.389. The Bertz CT molecular complexity index is 282. The van der Waals surface area contributed by atoms with Crippen molar-refractivity contribution in [2.75, 3.05) is 0 Å². The molecule has 1 saturated carbocycles. The van der Waals surface area contributed by atoms with Gasteiger partial charge in [0, 0.05) is 0 Å². The molecule has 126 valence electrons. The lowest BCUT2D eigenvalue weighted by Crippen LogP contribution is -2.26. The van der Waals surface area contributed by atoms with Crippen LogP contribution in [0.15, 0.2) is 0 Å². The van der Waals surface area contributed by atoms with E-state index in [9.17, 15) is 0 Å². The van der Waals surface area contributed by atoms with Crippen LogP contribution in [0, 0.1) is 22.7 Å². The van der Waals surface area contributed by atoms with E-state index in [4.69, 9.17) is 0 Å². The average Bonchev–Trinajstić information content (AvgIpc) is 2.81. The van der Waals surface area contributed by atoms with Gasteiger partial charge in [-0.25, -0.2) is 0 Å². The summed E-state index contributed by atoms with van der Waals surface area (Å²) >= 11 is 0. The highest BCUT2D eigenvalue weighted by Gasteiger charge is 2.37. The van der Waals surface area contributed by atoms with Gasteiger partial charge in [0.2, 0.25) is 0 Å². The second-order valence-electron chi connectivity index (χ2n) is 8.73. The predicted molar refractivity (Wildman–Crippen MR) is 96.7 cm³/mol. The number of unbranched alkanes of at least 4 members (excludes halogenated alkanes) is 1. The molecule has 0 amide bonds. The topological polar surface area (TPSA) is 0 Å². The molecule has 0 N–H and O–H groups in total. The van der Waals surface area contributed by atoms with Crippen LogP contribution < -0.4 is 0 Å². The molecule has 0 aromatic rings. The van der Waals surface area contributed by atoms with Crippen LogP contribution in [0.2, 0.25) is 0 Å². The average molecular weight is 295 g/mol. The molecule has 0 bridgehead atoms. The van der Waals surface area contributed by atoms with Crippen LogP contribution in [-0.2, 0) is 0 Å². The maximum atomic E-state index is 2.57. The monoisotopic (exact) mass is 294 g/mol. The Morgan fingerprint density at radius 3 is 2.43 bits per heavy atom. The Morgan fingerprint density at radius 2 is 1.95 bits per heavy atom. The highest BCUT2D eigenvalue weighted by molar-refractivity contribution is 4.88. The minimum atomic E-state index is 0.583. The van der Waals surface area contributed by atoms with Gasteiger partial charge < -0.3 is 0 Å². The van der Waals surface area contributed by atoms with Crippen molar-refractivity contribution in [2.24, 2.45) is 22.7 Å². The van der Waals surface area contributed by atoms with E-state index in [0.29, 0.717) is 10.8 Å². The molecule has 21 heavy (non-hydrogen) atoms. The van der Waals surface area contributed by atoms with Gasteiger partial charge in [0.05, 0.1) is 0 Å². The molecule has 0 aromatic heterocycles.